The maximum absolute atomic E-state index is 13.1. The Bertz CT molecular complexity index is 1470. The first-order valence-corrected chi connectivity index (χ1v) is 14.2. The highest BCUT2D eigenvalue weighted by molar-refractivity contribution is 7.89. The number of aldehydes is 1. The van der Waals surface area contributed by atoms with Crippen LogP contribution in [-0.4, -0.2) is 74.1 Å². The molecule has 2 aliphatic rings. The molecule has 1 saturated heterocycles. The Morgan fingerprint density at radius 2 is 1.93 bits per heavy atom. The molecule has 41 heavy (non-hydrogen) atoms. The number of hydrogen-bond donors (Lipinski definition) is 3. The highest BCUT2D eigenvalue weighted by atomic mass is 32.2. The fraction of sp³-hybridized carbons (Fsp3) is 0.385. The summed E-state index contributed by atoms with van der Waals surface area (Å²) in [5.74, 6) is -0.945. The molecule has 3 amide bonds. The predicted molar refractivity (Wildman–Crippen MR) is 143 cm³/mol. The number of rotatable bonds is 9. The smallest absolute Gasteiger partial charge is 0.406 e. The third-order valence-corrected chi connectivity index (χ3v) is 8.71. The number of nitrogens with one attached hydrogen (secondary N) is 3. The van der Waals surface area contributed by atoms with Gasteiger partial charge < -0.3 is 25.5 Å². The molecule has 0 aromatic heterocycles. The number of piperidine rings is 1. The molecule has 2 heterocycles. The average molecular weight is 596 g/mol. The van der Waals surface area contributed by atoms with Crippen LogP contribution in [-0.2, 0) is 26.0 Å². The van der Waals surface area contributed by atoms with Crippen molar-refractivity contribution in [3.05, 3.63) is 59.2 Å². The second kappa shape index (κ2) is 11.9. The van der Waals surface area contributed by atoms with E-state index in [0.29, 0.717) is 12.0 Å². The average Bonchev–Trinajstić information content (AvgIpc) is 3.21. The first-order valence-electron chi connectivity index (χ1n) is 12.6. The highest BCUT2D eigenvalue weighted by Crippen LogP contribution is 2.33. The van der Waals surface area contributed by atoms with Crippen LogP contribution in [0.4, 0.5) is 23.7 Å². The number of benzene rings is 2. The molecule has 0 unspecified atom stereocenters. The third kappa shape index (κ3) is 7.41. The zero-order valence-corrected chi connectivity index (χ0v) is 22.8. The van der Waals surface area contributed by atoms with Gasteiger partial charge in [-0.25, -0.2) is 17.5 Å². The molecule has 4 rings (SSSR count). The summed E-state index contributed by atoms with van der Waals surface area (Å²) in [6.07, 6.45) is -3.84. The molecule has 1 fully saturated rings. The van der Waals surface area contributed by atoms with E-state index in [1.54, 1.807) is 25.1 Å². The summed E-state index contributed by atoms with van der Waals surface area (Å²) in [6.45, 7) is 1.79. The SMILES string of the molecule is Cc1cc(NC(=O)NCC=O)ccc1CCS(=O)(=O)N1CCC2(CC1)N=C(c1cccc(OC(F)(F)F)c1)NC2=O. The van der Waals surface area contributed by atoms with Gasteiger partial charge in [0.15, 0.2) is 0 Å². The Labute approximate surface area is 234 Å². The van der Waals surface area contributed by atoms with E-state index in [1.165, 1.54) is 16.4 Å². The number of amides is 3. The quantitative estimate of drug-likeness (QED) is 0.380. The minimum Gasteiger partial charge on any atom is -0.406 e. The first-order chi connectivity index (χ1) is 19.3. The minimum absolute atomic E-state index is 0.0570. The largest absolute Gasteiger partial charge is 0.573 e. The van der Waals surface area contributed by atoms with Gasteiger partial charge in [-0.05, 0) is 61.6 Å². The summed E-state index contributed by atoms with van der Waals surface area (Å²) in [5, 5.41) is 7.56. The van der Waals surface area contributed by atoms with E-state index in [2.05, 4.69) is 25.7 Å². The summed E-state index contributed by atoms with van der Waals surface area (Å²) in [5.41, 5.74) is 1.08. The Hall–Kier alpha value is -3.98. The van der Waals surface area contributed by atoms with Gasteiger partial charge in [-0.3, -0.25) is 9.79 Å². The van der Waals surface area contributed by atoms with Gasteiger partial charge in [0, 0.05) is 24.3 Å². The molecule has 3 N–H and O–H groups in total. The van der Waals surface area contributed by atoms with Gasteiger partial charge in [-0.1, -0.05) is 18.2 Å². The number of ether oxygens (including phenoxy) is 1. The summed E-state index contributed by atoms with van der Waals surface area (Å²) in [4.78, 5) is 39.4. The molecule has 2 aromatic rings. The van der Waals surface area contributed by atoms with E-state index in [1.807, 2.05) is 0 Å². The van der Waals surface area contributed by atoms with Gasteiger partial charge >= 0.3 is 12.4 Å². The monoisotopic (exact) mass is 595 g/mol. The lowest BCUT2D eigenvalue weighted by Crippen LogP contribution is -2.50. The third-order valence-electron chi connectivity index (χ3n) is 6.84. The van der Waals surface area contributed by atoms with Crippen molar-refractivity contribution in [2.75, 3.05) is 30.7 Å². The Morgan fingerprint density at radius 3 is 2.59 bits per heavy atom. The van der Waals surface area contributed by atoms with Crippen LogP contribution in [0.15, 0.2) is 47.5 Å². The molecule has 2 aliphatic heterocycles. The summed E-state index contributed by atoms with van der Waals surface area (Å²) in [6, 6.07) is 9.63. The maximum Gasteiger partial charge on any atom is 0.573 e. The Morgan fingerprint density at radius 1 is 1.20 bits per heavy atom. The van der Waals surface area contributed by atoms with Gasteiger partial charge in [0.1, 0.15) is 23.4 Å². The van der Waals surface area contributed by atoms with E-state index >= 15 is 0 Å². The van der Waals surface area contributed by atoms with Crippen molar-refractivity contribution in [1.29, 1.82) is 0 Å². The van der Waals surface area contributed by atoms with E-state index in [0.717, 1.165) is 23.3 Å². The van der Waals surface area contributed by atoms with Crippen LogP contribution in [0.25, 0.3) is 0 Å². The molecule has 0 aliphatic carbocycles. The van der Waals surface area contributed by atoms with Crippen molar-refractivity contribution < 1.29 is 40.7 Å². The van der Waals surface area contributed by atoms with Gasteiger partial charge in [-0.2, -0.15) is 0 Å². The lowest BCUT2D eigenvalue weighted by atomic mass is 9.89. The molecular weight excluding hydrogens is 567 g/mol. The molecule has 0 atom stereocenters. The minimum atomic E-state index is -4.87. The molecule has 220 valence electrons. The van der Waals surface area contributed by atoms with Crippen molar-refractivity contribution in [2.45, 2.75) is 38.1 Å². The lowest BCUT2D eigenvalue weighted by Gasteiger charge is -2.34. The predicted octanol–water partition coefficient (Wildman–Crippen LogP) is 2.50. The number of anilines is 1. The fourth-order valence-electron chi connectivity index (χ4n) is 4.70. The second-order valence-corrected chi connectivity index (χ2v) is 11.7. The zero-order valence-electron chi connectivity index (χ0n) is 22.0. The zero-order chi connectivity index (χ0) is 29.8. The lowest BCUT2D eigenvalue weighted by molar-refractivity contribution is -0.274. The molecule has 0 saturated carbocycles. The van der Waals surface area contributed by atoms with Crippen molar-refractivity contribution in [2.24, 2.45) is 4.99 Å². The van der Waals surface area contributed by atoms with Gasteiger partial charge in [0.2, 0.25) is 10.0 Å². The number of aliphatic imine (C=N–C) groups is 1. The number of aryl methyl sites for hydroxylation is 2. The van der Waals surface area contributed by atoms with Gasteiger partial charge in [-0.15, -0.1) is 13.2 Å². The number of carbonyl (C=O) groups is 3. The molecular formula is C26H28F3N5O6S. The topological polar surface area (TPSA) is 146 Å². The van der Waals surface area contributed by atoms with Crippen LogP contribution in [0.2, 0.25) is 0 Å². The fourth-order valence-corrected chi connectivity index (χ4v) is 6.17. The van der Waals surface area contributed by atoms with Crippen molar-refractivity contribution >= 4 is 39.8 Å². The van der Waals surface area contributed by atoms with Crippen molar-refractivity contribution in [3.8, 4) is 5.75 Å². The van der Waals surface area contributed by atoms with Crippen LogP contribution in [0.5, 0.6) is 5.75 Å². The standard InChI is InChI=1S/C26H28F3N5O6S/c1-17-15-20(31-24(37)30-10-13-35)6-5-18(17)7-14-41(38,39)34-11-8-25(9-12-34)23(36)32-22(33-25)19-3-2-4-21(16-19)40-26(27,28)29/h2-6,13,15-16H,7-12,14H2,1H3,(H2,30,31,37)(H,32,33,36). The van der Waals surface area contributed by atoms with Crippen LogP contribution in [0, 0.1) is 6.92 Å². The number of sulfonamides is 1. The van der Waals surface area contributed by atoms with E-state index < -0.39 is 39.6 Å². The van der Waals surface area contributed by atoms with E-state index in [4.69, 9.17) is 0 Å². The van der Waals surface area contributed by atoms with E-state index in [-0.39, 0.29) is 56.0 Å². The highest BCUT2D eigenvalue weighted by Gasteiger charge is 2.47. The Kier molecular flexibility index (Phi) is 8.68. The number of hydrogen-bond acceptors (Lipinski definition) is 7. The van der Waals surface area contributed by atoms with Crippen LogP contribution < -0.4 is 20.7 Å². The first kappa shape index (κ1) is 30.0. The molecule has 11 nitrogen and oxygen atoms in total. The van der Waals surface area contributed by atoms with Gasteiger partial charge in [0.05, 0.1) is 12.3 Å². The molecule has 0 radical (unpaired) electrons. The number of urea groups is 1. The van der Waals surface area contributed by atoms with Gasteiger partial charge in [0.25, 0.3) is 5.91 Å². The van der Waals surface area contributed by atoms with Crippen molar-refractivity contribution in [3.63, 3.8) is 0 Å². The number of halogens is 3. The molecule has 15 heteroatoms. The summed E-state index contributed by atoms with van der Waals surface area (Å²) >= 11 is 0. The summed E-state index contributed by atoms with van der Waals surface area (Å²) in [7, 11) is -3.67. The number of carbonyl (C=O) groups excluding carboxylic acids is 3. The summed E-state index contributed by atoms with van der Waals surface area (Å²) < 4.78 is 69.2. The normalized spacial score (nSPS) is 17.1. The Balaban J connectivity index is 1.36. The number of nitrogens with zero attached hydrogens (tertiary/aromatic N) is 2. The number of alkyl halides is 3. The van der Waals surface area contributed by atoms with Crippen molar-refractivity contribution in [1.82, 2.24) is 14.9 Å². The molecule has 2 aromatic carbocycles. The second-order valence-electron chi connectivity index (χ2n) is 9.63. The van der Waals surface area contributed by atoms with E-state index in [9.17, 15) is 36.0 Å². The molecule has 1 spiro atoms. The van der Waals surface area contributed by atoms with Crippen LogP contribution in [0.3, 0.4) is 0 Å². The molecule has 0 bridgehead atoms. The maximum atomic E-state index is 13.1. The van der Waals surface area contributed by atoms with Crippen LogP contribution in [0.1, 0.15) is 29.5 Å². The van der Waals surface area contributed by atoms with Crippen LogP contribution >= 0.6 is 0 Å². The number of amidine groups is 1.